The van der Waals surface area contributed by atoms with Crippen LogP contribution in [0.5, 0.6) is 0 Å². The molecule has 0 radical (unpaired) electrons. The van der Waals surface area contributed by atoms with Crippen LogP contribution in [0.4, 0.5) is 0 Å². The lowest BCUT2D eigenvalue weighted by Crippen LogP contribution is -2.50. The van der Waals surface area contributed by atoms with E-state index in [1.165, 1.54) is 19.4 Å². The quantitative estimate of drug-likeness (QED) is 0.780. The molecule has 2 fully saturated rings. The van der Waals surface area contributed by atoms with Crippen LogP contribution in [0, 0.1) is 0 Å². The third-order valence-electron chi connectivity index (χ3n) is 4.34. The molecule has 0 aromatic rings. The lowest BCUT2D eigenvalue weighted by Gasteiger charge is -2.40. The van der Waals surface area contributed by atoms with Crippen LogP contribution in [0.3, 0.4) is 0 Å². The van der Waals surface area contributed by atoms with Crippen molar-refractivity contribution in [1.82, 2.24) is 9.80 Å². The van der Waals surface area contributed by atoms with Crippen molar-refractivity contribution in [3.8, 4) is 0 Å². The first-order valence-electron chi connectivity index (χ1n) is 6.28. The van der Waals surface area contributed by atoms with Gasteiger partial charge in [0.05, 0.1) is 0 Å². The summed E-state index contributed by atoms with van der Waals surface area (Å²) in [5.74, 6) is -0.712. The van der Waals surface area contributed by atoms with Crippen molar-refractivity contribution in [3.05, 3.63) is 0 Å². The van der Waals surface area contributed by atoms with E-state index < -0.39 is 5.97 Å². The van der Waals surface area contributed by atoms with Crippen molar-refractivity contribution in [2.24, 2.45) is 0 Å². The van der Waals surface area contributed by atoms with E-state index in [1.54, 1.807) is 6.92 Å². The number of hydrogen-bond acceptors (Lipinski definition) is 3. The minimum absolute atomic E-state index is 0.363. The fourth-order valence-corrected chi connectivity index (χ4v) is 3.06. The molecule has 1 N–H and O–H groups in total. The number of piperidine rings is 1. The van der Waals surface area contributed by atoms with Crippen molar-refractivity contribution in [3.63, 3.8) is 0 Å². The van der Waals surface area contributed by atoms with Crippen LogP contribution >= 0.6 is 0 Å². The Morgan fingerprint density at radius 1 is 1.44 bits per heavy atom. The number of carboxylic acid groups (broad SMARTS) is 1. The van der Waals surface area contributed by atoms with Gasteiger partial charge in [0.1, 0.15) is 6.04 Å². The minimum Gasteiger partial charge on any atom is -0.480 e. The lowest BCUT2D eigenvalue weighted by atomic mass is 9.95. The Morgan fingerprint density at radius 2 is 2.19 bits per heavy atom. The molecule has 0 saturated carbocycles. The third-order valence-corrected chi connectivity index (χ3v) is 4.34. The molecule has 3 unspecified atom stereocenters. The zero-order valence-corrected chi connectivity index (χ0v) is 10.2. The van der Waals surface area contributed by atoms with E-state index >= 15 is 0 Å². The number of nitrogens with zero attached hydrogens (tertiary/aromatic N) is 2. The van der Waals surface area contributed by atoms with Gasteiger partial charge in [-0.1, -0.05) is 0 Å². The molecule has 0 spiro atoms. The van der Waals surface area contributed by atoms with Crippen LogP contribution in [0.1, 0.15) is 32.6 Å². The molecule has 2 aliphatic heterocycles. The predicted octanol–water partition coefficient (Wildman–Crippen LogP) is 1.02. The number of rotatable bonds is 3. The number of likely N-dealkylation sites (N-methyl/N-ethyl adjacent to an activating group) is 1. The Labute approximate surface area is 97.2 Å². The average molecular weight is 226 g/mol. The summed E-state index contributed by atoms with van der Waals surface area (Å²) in [6.07, 6.45) is 4.88. The normalized spacial score (nSPS) is 32.7. The molecule has 0 aromatic heterocycles. The van der Waals surface area contributed by atoms with Crippen molar-refractivity contribution in [2.45, 2.75) is 50.7 Å². The molecule has 4 nitrogen and oxygen atoms in total. The van der Waals surface area contributed by atoms with Gasteiger partial charge < -0.3 is 10.0 Å². The van der Waals surface area contributed by atoms with Gasteiger partial charge in [0.25, 0.3) is 0 Å². The smallest absolute Gasteiger partial charge is 0.320 e. The topological polar surface area (TPSA) is 43.8 Å². The molecule has 0 bridgehead atoms. The van der Waals surface area contributed by atoms with Gasteiger partial charge in [-0.05, 0) is 52.7 Å². The molecule has 2 heterocycles. The number of carboxylic acids is 1. The predicted molar refractivity (Wildman–Crippen MR) is 62.5 cm³/mol. The zero-order chi connectivity index (χ0) is 11.7. The van der Waals surface area contributed by atoms with E-state index in [9.17, 15) is 4.79 Å². The van der Waals surface area contributed by atoms with Crippen LogP contribution in [0.2, 0.25) is 0 Å². The van der Waals surface area contributed by atoms with Crippen LogP contribution < -0.4 is 0 Å². The largest absolute Gasteiger partial charge is 0.480 e. The van der Waals surface area contributed by atoms with Gasteiger partial charge in [-0.2, -0.15) is 0 Å². The molecule has 16 heavy (non-hydrogen) atoms. The summed E-state index contributed by atoms with van der Waals surface area (Å²) in [4.78, 5) is 15.6. The fraction of sp³-hybridized carbons (Fsp3) is 0.917. The summed E-state index contributed by atoms with van der Waals surface area (Å²) >= 11 is 0. The average Bonchev–Trinajstić information content (AvgIpc) is 2.73. The Bertz CT molecular complexity index is 270. The summed E-state index contributed by atoms with van der Waals surface area (Å²) in [5.41, 5.74) is 0. The molecular formula is C12H22N2O2. The van der Waals surface area contributed by atoms with E-state index in [0.29, 0.717) is 12.1 Å². The van der Waals surface area contributed by atoms with Gasteiger partial charge in [0.2, 0.25) is 0 Å². The molecule has 2 rings (SSSR count). The molecule has 2 saturated heterocycles. The molecule has 0 aromatic carbocycles. The zero-order valence-electron chi connectivity index (χ0n) is 10.2. The maximum Gasteiger partial charge on any atom is 0.320 e. The number of carbonyl (C=O) groups is 1. The fourth-order valence-electron chi connectivity index (χ4n) is 3.06. The maximum atomic E-state index is 11.0. The number of fused-ring (bicyclic) bond motifs is 1. The number of hydrogen-bond donors (Lipinski definition) is 1. The van der Waals surface area contributed by atoms with Crippen LogP contribution in [-0.2, 0) is 4.79 Å². The highest BCUT2D eigenvalue weighted by Crippen LogP contribution is 2.29. The molecular weight excluding hydrogens is 204 g/mol. The maximum absolute atomic E-state index is 11.0. The summed E-state index contributed by atoms with van der Waals surface area (Å²) < 4.78 is 0. The molecule has 0 amide bonds. The highest BCUT2D eigenvalue weighted by atomic mass is 16.4. The van der Waals surface area contributed by atoms with Crippen LogP contribution in [-0.4, -0.2) is 59.1 Å². The van der Waals surface area contributed by atoms with E-state index in [0.717, 1.165) is 19.4 Å². The highest BCUT2D eigenvalue weighted by molar-refractivity contribution is 5.72. The first-order valence-corrected chi connectivity index (χ1v) is 6.28. The van der Waals surface area contributed by atoms with Crippen molar-refractivity contribution >= 4 is 5.97 Å². The van der Waals surface area contributed by atoms with Crippen LogP contribution in [0.15, 0.2) is 0 Å². The van der Waals surface area contributed by atoms with Crippen molar-refractivity contribution in [2.75, 3.05) is 20.1 Å². The highest BCUT2D eigenvalue weighted by Gasteiger charge is 2.35. The van der Waals surface area contributed by atoms with Crippen molar-refractivity contribution in [1.29, 1.82) is 0 Å². The van der Waals surface area contributed by atoms with E-state index in [1.807, 2.05) is 11.9 Å². The second kappa shape index (κ2) is 4.72. The standard InChI is InChI=1S/C12H22N2O2/c1-9(12(15)16)13(2)10-5-7-14-6-3-4-11(14)8-10/h9-11H,3-8H2,1-2H3,(H,15,16). The summed E-state index contributed by atoms with van der Waals surface area (Å²) in [5, 5.41) is 9.02. The Hall–Kier alpha value is -0.610. The monoisotopic (exact) mass is 226 g/mol. The van der Waals surface area contributed by atoms with Gasteiger partial charge in [-0.15, -0.1) is 0 Å². The molecule has 4 heteroatoms. The Balaban J connectivity index is 1.93. The second-order valence-electron chi connectivity index (χ2n) is 5.19. The summed E-state index contributed by atoms with van der Waals surface area (Å²) in [6.45, 7) is 4.17. The van der Waals surface area contributed by atoms with Crippen LogP contribution in [0.25, 0.3) is 0 Å². The Kier molecular flexibility index (Phi) is 3.50. The van der Waals surface area contributed by atoms with E-state index in [-0.39, 0.29) is 6.04 Å². The summed E-state index contributed by atoms with van der Waals surface area (Å²) in [7, 11) is 1.95. The second-order valence-corrected chi connectivity index (χ2v) is 5.19. The van der Waals surface area contributed by atoms with Gasteiger partial charge in [0, 0.05) is 12.1 Å². The Morgan fingerprint density at radius 3 is 2.88 bits per heavy atom. The van der Waals surface area contributed by atoms with E-state index in [2.05, 4.69) is 4.90 Å². The first-order chi connectivity index (χ1) is 7.59. The minimum atomic E-state index is -0.712. The number of aliphatic carboxylic acids is 1. The molecule has 2 aliphatic rings. The lowest BCUT2D eigenvalue weighted by molar-refractivity contribution is -0.143. The molecule has 3 atom stereocenters. The van der Waals surface area contributed by atoms with Gasteiger partial charge in [-0.25, -0.2) is 0 Å². The van der Waals surface area contributed by atoms with Gasteiger partial charge in [-0.3, -0.25) is 9.69 Å². The van der Waals surface area contributed by atoms with Gasteiger partial charge >= 0.3 is 5.97 Å². The first kappa shape index (κ1) is 11.9. The third kappa shape index (κ3) is 2.23. The van der Waals surface area contributed by atoms with Crippen molar-refractivity contribution < 1.29 is 9.90 Å². The summed E-state index contributed by atoms with van der Waals surface area (Å²) in [6, 6.07) is 0.797. The SMILES string of the molecule is CC(C(=O)O)N(C)C1CCN2CCCC2C1. The van der Waals surface area contributed by atoms with Gasteiger partial charge in [0.15, 0.2) is 0 Å². The molecule has 0 aliphatic carbocycles. The molecule has 92 valence electrons. The van der Waals surface area contributed by atoms with E-state index in [4.69, 9.17) is 5.11 Å².